The summed E-state index contributed by atoms with van der Waals surface area (Å²) in [7, 11) is 0. The third-order valence-electron chi connectivity index (χ3n) is 10.5. The average Bonchev–Trinajstić information content (AvgIpc) is 4.03. The first-order valence-corrected chi connectivity index (χ1v) is 18.0. The predicted octanol–water partition coefficient (Wildman–Crippen LogP) is 6.51. The van der Waals surface area contributed by atoms with Crippen LogP contribution in [0.3, 0.4) is 0 Å². The highest BCUT2D eigenvalue weighted by atomic mass is 16.5. The van der Waals surface area contributed by atoms with Gasteiger partial charge in [-0.2, -0.15) is 0 Å². The average molecular weight is 700 g/mol. The van der Waals surface area contributed by atoms with E-state index in [0.717, 1.165) is 78.1 Å². The number of benzene rings is 3. The van der Waals surface area contributed by atoms with Gasteiger partial charge in [0.25, 0.3) is 5.91 Å². The van der Waals surface area contributed by atoms with Crippen molar-refractivity contribution < 1.29 is 24.2 Å². The SMILES string of the molecule is O=C(O)N[C@@H](C(=O)N1CCC[C@H]1c1ncc(-c2ccc(-c3ccc(-c4cnc([C@@H]5CCCN5C(=O)C5CCOC5)[nH]4)cc3)cc2)[nH]1)c1ccccc1. The molecule has 3 aliphatic heterocycles. The summed E-state index contributed by atoms with van der Waals surface area (Å²) in [5.41, 5.74) is 6.50. The largest absolute Gasteiger partial charge is 0.465 e. The highest BCUT2D eigenvalue weighted by molar-refractivity contribution is 5.87. The molecule has 3 amide bonds. The third-order valence-corrected chi connectivity index (χ3v) is 10.5. The number of aromatic amines is 2. The van der Waals surface area contributed by atoms with Crippen molar-refractivity contribution in [1.29, 1.82) is 0 Å². The van der Waals surface area contributed by atoms with Gasteiger partial charge in [-0.1, -0.05) is 78.9 Å². The molecule has 4 N–H and O–H groups in total. The van der Waals surface area contributed by atoms with Gasteiger partial charge in [-0.3, -0.25) is 9.59 Å². The van der Waals surface area contributed by atoms with Gasteiger partial charge >= 0.3 is 6.09 Å². The van der Waals surface area contributed by atoms with Crippen molar-refractivity contribution in [2.24, 2.45) is 5.92 Å². The molecule has 0 spiro atoms. The molecule has 3 aromatic carbocycles. The molecule has 12 nitrogen and oxygen atoms in total. The first-order valence-electron chi connectivity index (χ1n) is 18.0. The number of rotatable bonds is 9. The maximum atomic E-state index is 13.7. The first-order chi connectivity index (χ1) is 25.4. The zero-order valence-electron chi connectivity index (χ0n) is 28.7. The maximum Gasteiger partial charge on any atom is 0.405 e. The van der Waals surface area contributed by atoms with Gasteiger partial charge in [0.05, 0.1) is 48.4 Å². The minimum Gasteiger partial charge on any atom is -0.465 e. The minimum atomic E-state index is -1.25. The summed E-state index contributed by atoms with van der Waals surface area (Å²) < 4.78 is 5.46. The van der Waals surface area contributed by atoms with Gasteiger partial charge in [0.2, 0.25) is 5.91 Å². The van der Waals surface area contributed by atoms with Gasteiger partial charge in [0.15, 0.2) is 0 Å². The van der Waals surface area contributed by atoms with Crippen molar-refractivity contribution in [3.63, 3.8) is 0 Å². The summed E-state index contributed by atoms with van der Waals surface area (Å²) in [6.07, 6.45) is 6.59. The fraction of sp³-hybridized carbons (Fsp3) is 0.325. The van der Waals surface area contributed by atoms with Crippen LogP contribution in [0.5, 0.6) is 0 Å². The quantitative estimate of drug-likeness (QED) is 0.137. The fourth-order valence-electron chi connectivity index (χ4n) is 7.81. The number of nitrogens with zero attached hydrogens (tertiary/aromatic N) is 4. The van der Waals surface area contributed by atoms with Gasteiger partial charge in [0, 0.05) is 19.7 Å². The molecule has 5 aromatic rings. The smallest absolute Gasteiger partial charge is 0.405 e. The van der Waals surface area contributed by atoms with E-state index in [0.29, 0.717) is 31.1 Å². The topological polar surface area (TPSA) is 157 Å². The fourth-order valence-corrected chi connectivity index (χ4v) is 7.81. The molecule has 52 heavy (non-hydrogen) atoms. The second-order valence-corrected chi connectivity index (χ2v) is 13.8. The molecule has 0 bridgehead atoms. The molecule has 2 aromatic heterocycles. The number of hydrogen-bond acceptors (Lipinski definition) is 6. The number of likely N-dealkylation sites (tertiary alicyclic amines) is 2. The molecule has 3 fully saturated rings. The van der Waals surface area contributed by atoms with E-state index >= 15 is 0 Å². The van der Waals surface area contributed by atoms with E-state index in [9.17, 15) is 19.5 Å². The Labute approximate surface area is 301 Å². The number of hydrogen-bond donors (Lipinski definition) is 4. The van der Waals surface area contributed by atoms with Crippen LogP contribution in [0.25, 0.3) is 33.6 Å². The van der Waals surface area contributed by atoms with E-state index in [1.807, 2.05) is 29.3 Å². The summed E-state index contributed by atoms with van der Waals surface area (Å²) in [5.74, 6) is 1.36. The second-order valence-electron chi connectivity index (χ2n) is 13.8. The Balaban J connectivity index is 0.930. The van der Waals surface area contributed by atoms with Crippen LogP contribution in [-0.4, -0.2) is 79.1 Å². The number of amides is 3. The van der Waals surface area contributed by atoms with E-state index in [4.69, 9.17) is 9.72 Å². The monoisotopic (exact) mass is 699 g/mol. The summed E-state index contributed by atoms with van der Waals surface area (Å²) in [6.45, 7) is 2.45. The van der Waals surface area contributed by atoms with Crippen LogP contribution in [0, 0.1) is 5.92 Å². The molecule has 5 heterocycles. The van der Waals surface area contributed by atoms with Crippen molar-refractivity contribution in [2.75, 3.05) is 26.3 Å². The van der Waals surface area contributed by atoms with E-state index < -0.39 is 12.1 Å². The number of H-pyrrole nitrogens is 2. The predicted molar refractivity (Wildman–Crippen MR) is 194 cm³/mol. The van der Waals surface area contributed by atoms with Crippen LogP contribution in [-0.2, 0) is 14.3 Å². The first kappa shape index (κ1) is 33.4. The molecule has 0 saturated carbocycles. The number of ether oxygens (including phenoxy) is 1. The standard InChI is InChI=1S/C40H41N7O5/c48-38(30-18-21-52-24-30)46-19-4-8-33(46)36-41-22-31(43-36)27-14-10-25(11-15-27)26-12-16-28(17-13-26)32-23-42-37(44-32)34-9-5-20-47(34)39(49)35(45-40(50)51)29-6-2-1-3-7-29/h1-3,6-7,10-17,22-23,30,33-35,45H,4-5,8-9,18-21,24H2,(H,41,43)(H,42,44)(H,50,51)/t30?,33-,34-,35+/m0/s1. The van der Waals surface area contributed by atoms with Gasteiger partial charge in [0.1, 0.15) is 17.7 Å². The van der Waals surface area contributed by atoms with Crippen LogP contribution in [0.4, 0.5) is 4.79 Å². The molecule has 4 atom stereocenters. The van der Waals surface area contributed by atoms with Crippen molar-refractivity contribution in [2.45, 2.75) is 50.2 Å². The van der Waals surface area contributed by atoms with E-state index in [2.05, 4.69) is 56.7 Å². The summed E-state index contributed by atoms with van der Waals surface area (Å²) in [5, 5.41) is 11.9. The van der Waals surface area contributed by atoms with Crippen LogP contribution < -0.4 is 5.32 Å². The Morgan fingerprint density at radius 1 is 0.731 bits per heavy atom. The summed E-state index contributed by atoms with van der Waals surface area (Å²) >= 11 is 0. The van der Waals surface area contributed by atoms with Crippen molar-refractivity contribution >= 4 is 17.9 Å². The van der Waals surface area contributed by atoms with E-state index in [1.54, 1.807) is 35.4 Å². The number of carbonyl (C=O) groups is 3. The molecule has 3 aliphatic rings. The van der Waals surface area contributed by atoms with Gasteiger partial charge in [-0.25, -0.2) is 14.8 Å². The number of carboxylic acid groups (broad SMARTS) is 1. The number of imidazole rings is 2. The molecule has 3 saturated heterocycles. The van der Waals surface area contributed by atoms with Crippen LogP contribution >= 0.6 is 0 Å². The van der Waals surface area contributed by atoms with Crippen LogP contribution in [0.1, 0.15) is 67.4 Å². The van der Waals surface area contributed by atoms with Crippen LogP contribution in [0.15, 0.2) is 91.3 Å². The molecule has 0 radical (unpaired) electrons. The Morgan fingerprint density at radius 2 is 1.27 bits per heavy atom. The Bertz CT molecular complexity index is 2040. The van der Waals surface area contributed by atoms with Crippen LogP contribution in [0.2, 0.25) is 0 Å². The number of nitrogens with one attached hydrogen (secondary N) is 3. The Kier molecular flexibility index (Phi) is 9.29. The van der Waals surface area contributed by atoms with Crippen molar-refractivity contribution in [3.05, 3.63) is 108 Å². The van der Waals surface area contributed by atoms with E-state index in [1.165, 1.54) is 0 Å². The Hall–Kier alpha value is -5.75. The van der Waals surface area contributed by atoms with Gasteiger partial charge in [-0.05, 0) is 59.9 Å². The normalized spacial score (nSPS) is 20.7. The van der Waals surface area contributed by atoms with E-state index in [-0.39, 0.29) is 29.8 Å². The third kappa shape index (κ3) is 6.69. The molecule has 266 valence electrons. The molecular weight excluding hydrogens is 658 g/mol. The number of aromatic nitrogens is 4. The Morgan fingerprint density at radius 3 is 1.81 bits per heavy atom. The zero-order chi connectivity index (χ0) is 35.6. The lowest BCUT2D eigenvalue weighted by atomic mass is 10.0. The molecular formula is C40H41N7O5. The lowest BCUT2D eigenvalue weighted by Crippen LogP contribution is -2.42. The lowest BCUT2D eigenvalue weighted by Gasteiger charge is -2.28. The summed E-state index contributed by atoms with van der Waals surface area (Å²) in [4.78, 5) is 58.4. The van der Waals surface area contributed by atoms with Crippen molar-refractivity contribution in [3.8, 4) is 33.6 Å². The second kappa shape index (κ2) is 14.5. The maximum absolute atomic E-state index is 13.7. The lowest BCUT2D eigenvalue weighted by molar-refractivity contribution is -0.136. The van der Waals surface area contributed by atoms with Gasteiger partial charge in [-0.15, -0.1) is 0 Å². The molecule has 8 rings (SSSR count). The minimum absolute atomic E-state index is 0.0294. The molecule has 0 aliphatic carbocycles. The zero-order valence-corrected chi connectivity index (χ0v) is 28.7. The van der Waals surface area contributed by atoms with Crippen molar-refractivity contribution in [1.82, 2.24) is 35.1 Å². The molecule has 1 unspecified atom stereocenters. The highest BCUT2D eigenvalue weighted by Gasteiger charge is 2.38. The summed E-state index contributed by atoms with van der Waals surface area (Å²) in [6, 6.07) is 24.2. The number of carbonyl (C=O) groups excluding carboxylic acids is 2. The highest BCUT2D eigenvalue weighted by Crippen LogP contribution is 2.36. The van der Waals surface area contributed by atoms with Gasteiger partial charge < -0.3 is 34.9 Å². The molecule has 12 heteroatoms.